The molecular weight excluding hydrogens is 711 g/mol. The summed E-state index contributed by atoms with van der Waals surface area (Å²) in [5.74, 6) is -0.625. The van der Waals surface area contributed by atoms with Crippen molar-refractivity contribution < 1.29 is 44.9 Å². The zero-order valence-electron chi connectivity index (χ0n) is 35.8. The summed E-state index contributed by atoms with van der Waals surface area (Å²) in [6.07, 6.45) is 32.7. The highest BCUT2D eigenvalue weighted by molar-refractivity contribution is 5.80. The molecule has 56 heavy (non-hydrogen) atoms. The van der Waals surface area contributed by atoms with Crippen molar-refractivity contribution in [2.75, 3.05) is 13.2 Å². The second kappa shape index (κ2) is 36.7. The molecular formula is C46H87NO9. The van der Waals surface area contributed by atoms with Gasteiger partial charge in [0.05, 0.1) is 25.4 Å². The van der Waals surface area contributed by atoms with Crippen LogP contribution in [-0.4, -0.2) is 98.7 Å². The van der Waals surface area contributed by atoms with E-state index in [0.29, 0.717) is 19.3 Å². The molecule has 1 saturated heterocycles. The van der Waals surface area contributed by atoms with Crippen molar-refractivity contribution in [3.63, 3.8) is 0 Å². The van der Waals surface area contributed by atoms with Gasteiger partial charge in [-0.1, -0.05) is 192 Å². The number of nitrogens with one attached hydrogen (secondary N) is 1. The Kier molecular flexibility index (Phi) is 34.5. The predicted molar refractivity (Wildman–Crippen MR) is 227 cm³/mol. The number of hydrogen-bond donors (Lipinski definition) is 7. The molecule has 1 rings (SSSR count). The minimum atomic E-state index is -1.61. The third kappa shape index (κ3) is 26.6. The van der Waals surface area contributed by atoms with Crippen LogP contribution in [0.15, 0.2) is 24.3 Å². The Bertz CT molecular complexity index is 948. The van der Waals surface area contributed by atoms with Crippen LogP contribution in [0, 0.1) is 0 Å². The monoisotopic (exact) mass is 798 g/mol. The van der Waals surface area contributed by atoms with Gasteiger partial charge in [-0.25, -0.2) is 0 Å². The molecule has 0 aromatic rings. The molecule has 0 aromatic carbocycles. The van der Waals surface area contributed by atoms with E-state index in [0.717, 1.165) is 32.1 Å². The first-order chi connectivity index (χ1) is 27.3. The van der Waals surface area contributed by atoms with Crippen molar-refractivity contribution >= 4 is 5.91 Å². The van der Waals surface area contributed by atoms with E-state index in [1.54, 1.807) is 6.08 Å². The van der Waals surface area contributed by atoms with Gasteiger partial charge in [0, 0.05) is 0 Å². The van der Waals surface area contributed by atoms with Crippen molar-refractivity contribution in [2.45, 2.75) is 249 Å². The summed E-state index contributed by atoms with van der Waals surface area (Å²) < 4.78 is 11.1. The van der Waals surface area contributed by atoms with Crippen LogP contribution in [0.25, 0.3) is 0 Å². The van der Waals surface area contributed by atoms with Gasteiger partial charge in [-0.3, -0.25) is 4.79 Å². The van der Waals surface area contributed by atoms with E-state index < -0.39 is 61.5 Å². The van der Waals surface area contributed by atoms with Crippen LogP contribution in [0.3, 0.4) is 0 Å². The number of rotatable bonds is 38. The van der Waals surface area contributed by atoms with Crippen LogP contribution in [0.2, 0.25) is 0 Å². The number of aliphatic hydroxyl groups is 6. The Labute approximate surface area is 341 Å². The van der Waals surface area contributed by atoms with Gasteiger partial charge in [0.2, 0.25) is 5.91 Å². The first kappa shape index (κ1) is 52.6. The van der Waals surface area contributed by atoms with Gasteiger partial charge < -0.3 is 45.4 Å². The summed E-state index contributed by atoms with van der Waals surface area (Å²) in [5, 5.41) is 64.6. The van der Waals surface area contributed by atoms with Gasteiger partial charge in [0.1, 0.15) is 30.5 Å². The molecule has 1 aliphatic rings. The van der Waals surface area contributed by atoms with Crippen LogP contribution >= 0.6 is 0 Å². The second-order valence-corrected chi connectivity index (χ2v) is 16.3. The molecule has 1 aliphatic heterocycles. The van der Waals surface area contributed by atoms with E-state index in [1.165, 1.54) is 135 Å². The van der Waals surface area contributed by atoms with Gasteiger partial charge in [0.25, 0.3) is 0 Å². The third-order valence-electron chi connectivity index (χ3n) is 11.1. The second-order valence-electron chi connectivity index (χ2n) is 16.3. The molecule has 0 unspecified atom stereocenters. The van der Waals surface area contributed by atoms with Crippen LogP contribution in [-0.2, 0) is 14.3 Å². The maximum Gasteiger partial charge on any atom is 0.249 e. The first-order valence-electron chi connectivity index (χ1n) is 23.2. The van der Waals surface area contributed by atoms with Gasteiger partial charge in [0.15, 0.2) is 6.29 Å². The van der Waals surface area contributed by atoms with E-state index >= 15 is 0 Å². The lowest BCUT2D eigenvalue weighted by atomic mass is 9.99. The minimum absolute atomic E-state index is 0.308. The molecule has 8 atom stereocenters. The molecule has 330 valence electrons. The van der Waals surface area contributed by atoms with Gasteiger partial charge >= 0.3 is 0 Å². The Morgan fingerprint density at radius 3 is 1.55 bits per heavy atom. The Morgan fingerprint density at radius 2 is 1.05 bits per heavy atom. The van der Waals surface area contributed by atoms with E-state index in [2.05, 4.69) is 31.3 Å². The number of hydrogen-bond acceptors (Lipinski definition) is 9. The molecule has 0 radical (unpaired) electrons. The van der Waals surface area contributed by atoms with Gasteiger partial charge in [-0.2, -0.15) is 0 Å². The average Bonchev–Trinajstić information content (AvgIpc) is 3.20. The van der Waals surface area contributed by atoms with Crippen molar-refractivity contribution in [1.82, 2.24) is 5.32 Å². The number of aliphatic hydroxyl groups excluding tert-OH is 6. The molecule has 10 heteroatoms. The topological polar surface area (TPSA) is 169 Å². The molecule has 0 aliphatic carbocycles. The molecule has 0 spiro atoms. The summed E-state index contributed by atoms with van der Waals surface area (Å²) >= 11 is 0. The predicted octanol–water partition coefficient (Wildman–Crippen LogP) is 8.47. The third-order valence-corrected chi connectivity index (χ3v) is 11.1. The lowest BCUT2D eigenvalue weighted by molar-refractivity contribution is -0.302. The maximum absolute atomic E-state index is 13.0. The molecule has 1 fully saturated rings. The SMILES string of the molecule is CCCCCCCCC/C=C/CC/C=C/[C@@H](O)[C@H](CO[C@@H]1O[C@H](CO)[C@@H](O)[C@H](O)[C@H]1O)NC(=O)[C@H](O)CCCCCCCCCCCCCCCCCCCC. The van der Waals surface area contributed by atoms with E-state index in [1.807, 2.05) is 6.08 Å². The van der Waals surface area contributed by atoms with Gasteiger partial charge in [-0.05, 0) is 32.1 Å². The number of amides is 1. The van der Waals surface area contributed by atoms with Crippen molar-refractivity contribution in [3.05, 3.63) is 24.3 Å². The van der Waals surface area contributed by atoms with Crippen LogP contribution < -0.4 is 5.32 Å². The lowest BCUT2D eigenvalue weighted by Gasteiger charge is -2.40. The smallest absolute Gasteiger partial charge is 0.249 e. The number of carbonyl (C=O) groups excluding carboxylic acids is 1. The maximum atomic E-state index is 13.0. The Morgan fingerprint density at radius 1 is 0.607 bits per heavy atom. The first-order valence-corrected chi connectivity index (χ1v) is 23.2. The van der Waals surface area contributed by atoms with Crippen molar-refractivity contribution in [2.24, 2.45) is 0 Å². The Balaban J connectivity index is 2.41. The minimum Gasteiger partial charge on any atom is -0.394 e. The highest BCUT2D eigenvalue weighted by Crippen LogP contribution is 2.23. The average molecular weight is 798 g/mol. The van der Waals surface area contributed by atoms with Crippen LogP contribution in [0.1, 0.15) is 200 Å². The lowest BCUT2D eigenvalue weighted by Crippen LogP contribution is -2.60. The summed E-state index contributed by atoms with van der Waals surface area (Å²) in [7, 11) is 0. The number of allylic oxidation sites excluding steroid dienone is 3. The highest BCUT2D eigenvalue weighted by Gasteiger charge is 2.44. The fraction of sp³-hybridized carbons (Fsp3) is 0.891. The fourth-order valence-electron chi connectivity index (χ4n) is 7.30. The van der Waals surface area contributed by atoms with Crippen molar-refractivity contribution in [1.29, 1.82) is 0 Å². The quantitative estimate of drug-likeness (QED) is 0.0239. The summed E-state index contributed by atoms with van der Waals surface area (Å²) in [6.45, 7) is 3.58. The molecule has 0 bridgehead atoms. The normalized spacial score (nSPS) is 21.9. The van der Waals surface area contributed by atoms with E-state index in [4.69, 9.17) is 9.47 Å². The van der Waals surface area contributed by atoms with Crippen molar-refractivity contribution in [3.8, 4) is 0 Å². The zero-order chi connectivity index (χ0) is 41.1. The number of carbonyl (C=O) groups is 1. The largest absolute Gasteiger partial charge is 0.394 e. The number of ether oxygens (including phenoxy) is 2. The summed E-state index contributed by atoms with van der Waals surface area (Å²) in [4.78, 5) is 13.0. The van der Waals surface area contributed by atoms with E-state index in [9.17, 15) is 35.4 Å². The fourth-order valence-corrected chi connectivity index (χ4v) is 7.30. The molecule has 0 aromatic heterocycles. The molecule has 1 amide bonds. The molecule has 7 N–H and O–H groups in total. The standard InChI is InChI=1S/C46H87NO9/c1-3-5-7-9-11-13-15-17-18-19-20-21-23-25-27-29-31-33-35-40(50)45(54)47-38(37-55-46-44(53)43(52)42(51)41(36-48)56-46)39(49)34-32-30-28-26-24-22-16-14-12-10-8-6-4-2/h24,26,32,34,38-44,46,48-53H,3-23,25,27-31,33,35-37H2,1-2H3,(H,47,54)/b26-24+,34-32+/t38-,39+,40+,41+,42+,43-,44+,46+/m0/s1. The molecule has 0 saturated carbocycles. The Hall–Kier alpha value is -1.37. The number of unbranched alkanes of at least 4 members (excludes halogenated alkanes) is 25. The van der Waals surface area contributed by atoms with E-state index in [-0.39, 0.29) is 6.61 Å². The van der Waals surface area contributed by atoms with Gasteiger partial charge in [-0.15, -0.1) is 0 Å². The van der Waals surface area contributed by atoms with Crippen LogP contribution in [0.4, 0.5) is 0 Å². The highest BCUT2D eigenvalue weighted by atomic mass is 16.7. The molecule has 1 heterocycles. The summed E-state index contributed by atoms with van der Waals surface area (Å²) in [6, 6.07) is -0.992. The zero-order valence-corrected chi connectivity index (χ0v) is 35.8. The molecule has 10 nitrogen and oxygen atoms in total. The van der Waals surface area contributed by atoms with Crippen LogP contribution in [0.5, 0.6) is 0 Å². The summed E-state index contributed by atoms with van der Waals surface area (Å²) in [5.41, 5.74) is 0.